The molecular formula is C20H27NO2. The van der Waals surface area contributed by atoms with Crippen molar-refractivity contribution in [3.05, 3.63) is 65.7 Å². The quantitative estimate of drug-likeness (QED) is 0.807. The summed E-state index contributed by atoms with van der Waals surface area (Å²) in [7, 11) is 1.68. The van der Waals surface area contributed by atoms with Crippen molar-refractivity contribution in [2.45, 2.75) is 32.4 Å². The molecule has 0 heterocycles. The molecule has 3 nitrogen and oxygen atoms in total. The summed E-state index contributed by atoms with van der Waals surface area (Å²) < 4.78 is 5.20. The molecule has 23 heavy (non-hydrogen) atoms. The Morgan fingerprint density at radius 1 is 1.04 bits per heavy atom. The minimum Gasteiger partial charge on any atom is -0.497 e. The number of benzene rings is 2. The fourth-order valence-corrected chi connectivity index (χ4v) is 2.86. The summed E-state index contributed by atoms with van der Waals surface area (Å²) in [4.78, 5) is 2.32. The van der Waals surface area contributed by atoms with Gasteiger partial charge in [-0.25, -0.2) is 0 Å². The van der Waals surface area contributed by atoms with E-state index in [0.717, 1.165) is 24.3 Å². The molecule has 0 saturated heterocycles. The molecule has 0 aliphatic heterocycles. The second kappa shape index (κ2) is 8.70. The van der Waals surface area contributed by atoms with Crippen LogP contribution in [-0.2, 0) is 6.42 Å². The van der Waals surface area contributed by atoms with Crippen LogP contribution >= 0.6 is 0 Å². The van der Waals surface area contributed by atoms with Crippen LogP contribution in [0.5, 0.6) is 5.75 Å². The number of rotatable bonds is 8. The van der Waals surface area contributed by atoms with Crippen LogP contribution in [-0.4, -0.2) is 36.2 Å². The van der Waals surface area contributed by atoms with Crippen molar-refractivity contribution in [3.8, 4) is 5.75 Å². The van der Waals surface area contributed by atoms with Crippen molar-refractivity contribution in [2.75, 3.05) is 20.2 Å². The van der Waals surface area contributed by atoms with Gasteiger partial charge in [0.05, 0.1) is 13.2 Å². The summed E-state index contributed by atoms with van der Waals surface area (Å²) >= 11 is 0. The first kappa shape index (κ1) is 17.5. The summed E-state index contributed by atoms with van der Waals surface area (Å²) in [6.45, 7) is 5.92. The summed E-state index contributed by atoms with van der Waals surface area (Å²) in [6.07, 6.45) is 0.508. The number of ether oxygens (including phenoxy) is 1. The van der Waals surface area contributed by atoms with Crippen LogP contribution in [0, 0.1) is 0 Å². The van der Waals surface area contributed by atoms with E-state index < -0.39 is 6.10 Å². The number of hydrogen-bond acceptors (Lipinski definition) is 3. The number of aliphatic hydroxyl groups is 1. The highest BCUT2D eigenvalue weighted by Gasteiger charge is 2.17. The zero-order valence-electron chi connectivity index (χ0n) is 14.3. The molecule has 0 bridgehead atoms. The largest absolute Gasteiger partial charge is 0.497 e. The molecule has 1 N–H and O–H groups in total. The van der Waals surface area contributed by atoms with E-state index in [1.165, 1.54) is 5.56 Å². The van der Waals surface area contributed by atoms with Gasteiger partial charge in [-0.3, -0.25) is 4.90 Å². The van der Waals surface area contributed by atoms with E-state index in [2.05, 4.69) is 30.9 Å². The standard InChI is InChI=1S/C20H27NO2/c1-4-21(15-20(22)18-8-6-5-7-9-18)16(2)14-17-10-12-19(23-3)13-11-17/h5-13,16,20,22H,4,14-15H2,1-3H3. The van der Waals surface area contributed by atoms with Crippen molar-refractivity contribution in [1.82, 2.24) is 4.90 Å². The molecule has 0 aliphatic rings. The van der Waals surface area contributed by atoms with Gasteiger partial charge in [-0.1, -0.05) is 49.4 Å². The molecule has 0 amide bonds. The Labute approximate surface area is 139 Å². The van der Waals surface area contributed by atoms with Gasteiger partial charge in [0, 0.05) is 12.6 Å². The van der Waals surface area contributed by atoms with Crippen LogP contribution < -0.4 is 4.74 Å². The van der Waals surface area contributed by atoms with Crippen LogP contribution in [0.4, 0.5) is 0 Å². The maximum absolute atomic E-state index is 10.4. The molecule has 2 aromatic carbocycles. The highest BCUT2D eigenvalue weighted by atomic mass is 16.5. The lowest BCUT2D eigenvalue weighted by atomic mass is 10.0. The van der Waals surface area contributed by atoms with E-state index >= 15 is 0 Å². The number of methoxy groups -OCH3 is 1. The normalized spacial score (nSPS) is 13.8. The summed E-state index contributed by atoms with van der Waals surface area (Å²) in [6, 6.07) is 18.4. The zero-order valence-corrected chi connectivity index (χ0v) is 14.3. The van der Waals surface area contributed by atoms with Crippen molar-refractivity contribution in [1.29, 1.82) is 0 Å². The van der Waals surface area contributed by atoms with E-state index in [-0.39, 0.29) is 0 Å². The third-order valence-corrected chi connectivity index (χ3v) is 4.31. The fraction of sp³-hybridized carbons (Fsp3) is 0.400. The highest BCUT2D eigenvalue weighted by Crippen LogP contribution is 2.18. The maximum Gasteiger partial charge on any atom is 0.118 e. The molecule has 0 spiro atoms. The Morgan fingerprint density at radius 2 is 1.70 bits per heavy atom. The van der Waals surface area contributed by atoms with Gasteiger partial charge in [-0.2, -0.15) is 0 Å². The lowest BCUT2D eigenvalue weighted by Crippen LogP contribution is -2.37. The van der Waals surface area contributed by atoms with E-state index in [4.69, 9.17) is 4.74 Å². The second-order valence-electron chi connectivity index (χ2n) is 5.92. The molecule has 0 aliphatic carbocycles. The smallest absolute Gasteiger partial charge is 0.118 e. The van der Waals surface area contributed by atoms with Crippen molar-refractivity contribution in [3.63, 3.8) is 0 Å². The van der Waals surface area contributed by atoms with Crippen molar-refractivity contribution < 1.29 is 9.84 Å². The van der Waals surface area contributed by atoms with Gasteiger partial charge in [-0.15, -0.1) is 0 Å². The van der Waals surface area contributed by atoms with E-state index in [9.17, 15) is 5.11 Å². The average molecular weight is 313 g/mol. The molecular weight excluding hydrogens is 286 g/mol. The predicted octanol–water partition coefficient (Wildman–Crippen LogP) is 3.68. The van der Waals surface area contributed by atoms with Crippen LogP contribution in [0.25, 0.3) is 0 Å². The maximum atomic E-state index is 10.4. The second-order valence-corrected chi connectivity index (χ2v) is 5.92. The summed E-state index contributed by atoms with van der Waals surface area (Å²) in [5.74, 6) is 0.883. The molecule has 0 aromatic heterocycles. The average Bonchev–Trinajstić information content (AvgIpc) is 2.60. The van der Waals surface area contributed by atoms with Crippen LogP contribution in [0.2, 0.25) is 0 Å². The molecule has 2 atom stereocenters. The zero-order chi connectivity index (χ0) is 16.7. The summed E-state index contributed by atoms with van der Waals surface area (Å²) in [5, 5.41) is 10.4. The number of likely N-dealkylation sites (N-methyl/N-ethyl adjacent to an activating group) is 1. The van der Waals surface area contributed by atoms with Gasteiger partial charge in [0.1, 0.15) is 5.75 Å². The first-order valence-electron chi connectivity index (χ1n) is 8.24. The van der Waals surface area contributed by atoms with Crippen LogP contribution in [0.1, 0.15) is 31.1 Å². The SMILES string of the molecule is CCN(CC(O)c1ccccc1)C(C)Cc1ccc(OC)cc1. The predicted molar refractivity (Wildman–Crippen MR) is 94.8 cm³/mol. The number of nitrogens with zero attached hydrogens (tertiary/aromatic N) is 1. The number of aliphatic hydroxyl groups excluding tert-OH is 1. The van der Waals surface area contributed by atoms with Crippen LogP contribution in [0.15, 0.2) is 54.6 Å². The Bertz CT molecular complexity index is 568. The molecule has 2 rings (SSSR count). The Kier molecular flexibility index (Phi) is 6.63. The third kappa shape index (κ3) is 5.08. The number of hydrogen-bond donors (Lipinski definition) is 1. The first-order valence-corrected chi connectivity index (χ1v) is 8.24. The molecule has 0 fully saturated rings. The van der Waals surface area contributed by atoms with Gasteiger partial charge in [0.2, 0.25) is 0 Å². The van der Waals surface area contributed by atoms with Gasteiger partial charge < -0.3 is 9.84 Å². The van der Waals surface area contributed by atoms with E-state index in [1.54, 1.807) is 7.11 Å². The van der Waals surface area contributed by atoms with Gasteiger partial charge in [-0.05, 0) is 43.1 Å². The lowest BCUT2D eigenvalue weighted by molar-refractivity contribution is 0.0945. The van der Waals surface area contributed by atoms with Crippen molar-refractivity contribution >= 4 is 0 Å². The topological polar surface area (TPSA) is 32.7 Å². The van der Waals surface area contributed by atoms with E-state index in [1.807, 2.05) is 42.5 Å². The molecule has 2 unspecified atom stereocenters. The van der Waals surface area contributed by atoms with Crippen LogP contribution in [0.3, 0.4) is 0 Å². The van der Waals surface area contributed by atoms with Gasteiger partial charge in [0.15, 0.2) is 0 Å². The minimum atomic E-state index is -0.450. The van der Waals surface area contributed by atoms with Crippen molar-refractivity contribution in [2.24, 2.45) is 0 Å². The molecule has 2 aromatic rings. The Hall–Kier alpha value is -1.84. The lowest BCUT2D eigenvalue weighted by Gasteiger charge is -2.30. The third-order valence-electron chi connectivity index (χ3n) is 4.31. The Morgan fingerprint density at radius 3 is 2.26 bits per heavy atom. The van der Waals surface area contributed by atoms with Gasteiger partial charge >= 0.3 is 0 Å². The fourth-order valence-electron chi connectivity index (χ4n) is 2.86. The Balaban J connectivity index is 1.96. The molecule has 0 saturated carbocycles. The van der Waals surface area contributed by atoms with Gasteiger partial charge in [0.25, 0.3) is 0 Å². The molecule has 0 radical (unpaired) electrons. The molecule has 3 heteroatoms. The minimum absolute atomic E-state index is 0.367. The molecule has 124 valence electrons. The summed E-state index contributed by atoms with van der Waals surface area (Å²) in [5.41, 5.74) is 2.26. The van der Waals surface area contributed by atoms with E-state index in [0.29, 0.717) is 12.6 Å². The first-order chi connectivity index (χ1) is 11.1. The highest BCUT2D eigenvalue weighted by molar-refractivity contribution is 5.27. The monoisotopic (exact) mass is 313 g/mol.